The third kappa shape index (κ3) is 6.41. The van der Waals surface area contributed by atoms with Crippen molar-refractivity contribution >= 4 is 18.1 Å². The molecule has 0 saturated heterocycles. The quantitative estimate of drug-likeness (QED) is 0.402. The van der Waals surface area contributed by atoms with Crippen LogP contribution in [0, 0.1) is 0 Å². The van der Waals surface area contributed by atoms with Crippen molar-refractivity contribution in [1.29, 1.82) is 0 Å². The van der Waals surface area contributed by atoms with Crippen LogP contribution >= 0.6 is 0 Å². The number of hydrogen-bond donors (Lipinski definition) is 4. The van der Waals surface area contributed by atoms with Crippen LogP contribution in [0.2, 0.25) is 0 Å². The van der Waals surface area contributed by atoms with Gasteiger partial charge in [-0.2, -0.15) is 0 Å². The third-order valence-electron chi connectivity index (χ3n) is 0.888. The van der Waals surface area contributed by atoms with Gasteiger partial charge >= 0.3 is 12.2 Å². The molecule has 0 aliphatic heterocycles. The van der Waals surface area contributed by atoms with E-state index < -0.39 is 18.1 Å². The van der Waals surface area contributed by atoms with E-state index in [2.05, 4.69) is 4.74 Å². The van der Waals surface area contributed by atoms with Crippen molar-refractivity contribution in [1.82, 2.24) is 16.2 Å². The summed E-state index contributed by atoms with van der Waals surface area (Å²) in [6, 6.07) is 0. The van der Waals surface area contributed by atoms with Crippen LogP contribution in [0.4, 0.5) is 9.59 Å². The van der Waals surface area contributed by atoms with E-state index in [1.165, 1.54) is 0 Å². The Bertz CT molecular complexity index is 216. The highest BCUT2D eigenvalue weighted by Gasteiger charge is 2.04. The van der Waals surface area contributed by atoms with Crippen molar-refractivity contribution < 1.29 is 24.2 Å². The zero-order chi connectivity index (χ0) is 10.3. The molecule has 13 heavy (non-hydrogen) atoms. The Morgan fingerprint density at radius 2 is 1.92 bits per heavy atom. The molecule has 4 N–H and O–H groups in total. The van der Waals surface area contributed by atoms with Gasteiger partial charge in [-0.1, -0.05) is 0 Å². The van der Waals surface area contributed by atoms with Crippen LogP contribution in [-0.2, 0) is 9.53 Å². The molecule has 3 amide bonds. The minimum atomic E-state index is -1.40. The fraction of sp³-hybridized carbons (Fsp3) is 0.400. The zero-order valence-electron chi connectivity index (χ0n) is 6.79. The van der Waals surface area contributed by atoms with E-state index in [4.69, 9.17) is 5.11 Å². The number of hydrazine groups is 1. The van der Waals surface area contributed by atoms with E-state index in [1.54, 1.807) is 10.9 Å². The van der Waals surface area contributed by atoms with Gasteiger partial charge in [0.2, 0.25) is 0 Å². The van der Waals surface area contributed by atoms with Crippen LogP contribution in [0.5, 0.6) is 0 Å². The zero-order valence-corrected chi connectivity index (χ0v) is 6.79. The van der Waals surface area contributed by atoms with E-state index in [0.717, 1.165) is 7.11 Å². The Balaban J connectivity index is 3.52. The third-order valence-corrected chi connectivity index (χ3v) is 0.888. The number of nitrogens with one attached hydrogen (secondary N) is 3. The molecule has 0 radical (unpaired) electrons. The average molecular weight is 191 g/mol. The molecule has 8 heteroatoms. The highest BCUT2D eigenvalue weighted by Crippen LogP contribution is 1.69. The number of methoxy groups -OCH3 is 1. The lowest BCUT2D eigenvalue weighted by Gasteiger charge is -2.04. The highest BCUT2D eigenvalue weighted by molar-refractivity contribution is 5.83. The molecule has 0 saturated carbocycles. The van der Waals surface area contributed by atoms with E-state index in [-0.39, 0.29) is 6.54 Å². The Morgan fingerprint density at radius 1 is 1.31 bits per heavy atom. The summed E-state index contributed by atoms with van der Waals surface area (Å²) in [4.78, 5) is 30.9. The SMILES string of the molecule is COC(=O)NCC(=O)NNC(=O)O. The standard InChI is InChI=1S/C5H9N3O5/c1-13-5(12)6-2-3(9)7-8-4(10)11/h8H,2H2,1H3,(H,6,12)(H,7,9)(H,10,11). The Kier molecular flexibility index (Phi) is 4.77. The van der Waals surface area contributed by atoms with Gasteiger partial charge < -0.3 is 15.2 Å². The van der Waals surface area contributed by atoms with Crippen LogP contribution in [0.15, 0.2) is 0 Å². The molecule has 0 aromatic rings. The highest BCUT2D eigenvalue weighted by atomic mass is 16.5. The molecule has 0 atom stereocenters. The van der Waals surface area contributed by atoms with Crippen molar-refractivity contribution in [2.45, 2.75) is 0 Å². The van der Waals surface area contributed by atoms with E-state index >= 15 is 0 Å². The molecule has 0 rings (SSSR count). The van der Waals surface area contributed by atoms with Gasteiger partial charge in [0, 0.05) is 0 Å². The Labute approximate surface area is 73.2 Å². The van der Waals surface area contributed by atoms with Crippen LogP contribution in [0.1, 0.15) is 0 Å². The lowest BCUT2D eigenvalue weighted by atomic mass is 10.6. The summed E-state index contributed by atoms with van der Waals surface area (Å²) in [5.41, 5.74) is 3.41. The lowest BCUT2D eigenvalue weighted by molar-refractivity contribution is -0.121. The lowest BCUT2D eigenvalue weighted by Crippen LogP contribution is -2.45. The van der Waals surface area contributed by atoms with Gasteiger partial charge in [-0.3, -0.25) is 10.2 Å². The van der Waals surface area contributed by atoms with Gasteiger partial charge in [-0.15, -0.1) is 0 Å². The van der Waals surface area contributed by atoms with Crippen molar-refractivity contribution in [3.8, 4) is 0 Å². The van der Waals surface area contributed by atoms with Crippen molar-refractivity contribution in [3.63, 3.8) is 0 Å². The summed E-state index contributed by atoms with van der Waals surface area (Å²) in [5.74, 6) is -0.701. The number of carboxylic acid groups (broad SMARTS) is 1. The largest absolute Gasteiger partial charge is 0.464 e. The van der Waals surface area contributed by atoms with Crippen LogP contribution in [-0.4, -0.2) is 36.9 Å². The molecule has 0 aromatic heterocycles. The summed E-state index contributed by atoms with van der Waals surface area (Å²) in [6.45, 7) is -0.368. The summed E-state index contributed by atoms with van der Waals surface area (Å²) in [6.07, 6.45) is -2.17. The van der Waals surface area contributed by atoms with Gasteiger partial charge in [0.25, 0.3) is 5.91 Å². The van der Waals surface area contributed by atoms with Gasteiger partial charge in [0.05, 0.1) is 7.11 Å². The molecular weight excluding hydrogens is 182 g/mol. The molecule has 8 nitrogen and oxygen atoms in total. The number of carbonyl (C=O) groups excluding carboxylic acids is 2. The summed E-state index contributed by atoms with van der Waals surface area (Å²) in [5, 5.41) is 10.1. The van der Waals surface area contributed by atoms with Gasteiger partial charge in [0.1, 0.15) is 6.54 Å². The average Bonchev–Trinajstić information content (AvgIpc) is 2.10. The van der Waals surface area contributed by atoms with Crippen LogP contribution in [0.3, 0.4) is 0 Å². The van der Waals surface area contributed by atoms with Crippen molar-refractivity contribution in [2.75, 3.05) is 13.7 Å². The molecule has 0 heterocycles. The molecule has 0 bridgehead atoms. The first-order valence-corrected chi connectivity index (χ1v) is 3.16. The summed E-state index contributed by atoms with van der Waals surface area (Å²) in [7, 11) is 1.14. The molecule has 0 spiro atoms. The first kappa shape index (κ1) is 11.0. The van der Waals surface area contributed by atoms with Crippen molar-refractivity contribution in [3.05, 3.63) is 0 Å². The summed E-state index contributed by atoms with van der Waals surface area (Å²) < 4.78 is 4.16. The monoisotopic (exact) mass is 191 g/mol. The Morgan fingerprint density at radius 3 is 2.38 bits per heavy atom. The van der Waals surface area contributed by atoms with Crippen LogP contribution < -0.4 is 16.2 Å². The summed E-state index contributed by atoms with van der Waals surface area (Å²) >= 11 is 0. The smallest absolute Gasteiger partial charge is 0.423 e. The van der Waals surface area contributed by atoms with Crippen LogP contribution in [0.25, 0.3) is 0 Å². The first-order chi connectivity index (χ1) is 6.06. The molecule has 0 aromatic carbocycles. The molecule has 74 valence electrons. The first-order valence-electron chi connectivity index (χ1n) is 3.16. The predicted molar refractivity (Wildman–Crippen MR) is 39.7 cm³/mol. The molecule has 0 fully saturated rings. The van der Waals surface area contributed by atoms with Gasteiger partial charge in [-0.25, -0.2) is 15.0 Å². The maximum atomic E-state index is 10.7. The van der Waals surface area contributed by atoms with Crippen molar-refractivity contribution in [2.24, 2.45) is 0 Å². The number of hydrogen-bond acceptors (Lipinski definition) is 4. The second-order valence-electron chi connectivity index (χ2n) is 1.82. The minimum Gasteiger partial charge on any atom is -0.464 e. The second-order valence-corrected chi connectivity index (χ2v) is 1.82. The minimum absolute atomic E-state index is 0.368. The van der Waals surface area contributed by atoms with Gasteiger partial charge in [-0.05, 0) is 0 Å². The normalized spacial score (nSPS) is 8.38. The second kappa shape index (κ2) is 5.63. The predicted octanol–water partition coefficient (Wildman–Crippen LogP) is -1.36. The number of carbonyl (C=O) groups is 3. The maximum Gasteiger partial charge on any atom is 0.423 e. The number of alkyl carbamates (subject to hydrolysis) is 1. The fourth-order valence-electron chi connectivity index (χ4n) is 0.392. The van der Waals surface area contributed by atoms with Gasteiger partial charge in [0.15, 0.2) is 0 Å². The number of rotatable bonds is 2. The number of amides is 3. The van der Waals surface area contributed by atoms with E-state index in [0.29, 0.717) is 0 Å². The number of ether oxygens (including phenoxy) is 1. The molecule has 0 unspecified atom stereocenters. The molecule has 0 aliphatic carbocycles. The molecule has 0 aliphatic rings. The van der Waals surface area contributed by atoms with E-state index in [1.807, 2.05) is 5.32 Å². The fourth-order valence-corrected chi connectivity index (χ4v) is 0.392. The Hall–Kier alpha value is -1.99. The topological polar surface area (TPSA) is 117 Å². The maximum absolute atomic E-state index is 10.7. The van der Waals surface area contributed by atoms with E-state index in [9.17, 15) is 14.4 Å². The molecular formula is C5H9N3O5.